The van der Waals surface area contributed by atoms with Gasteiger partial charge in [-0.1, -0.05) is 30.3 Å². The van der Waals surface area contributed by atoms with Crippen molar-refractivity contribution in [2.24, 2.45) is 0 Å². The molecule has 0 saturated carbocycles. The molecule has 0 aliphatic heterocycles. The Morgan fingerprint density at radius 2 is 1.87 bits per heavy atom. The van der Waals surface area contributed by atoms with Gasteiger partial charge in [-0.25, -0.2) is 4.99 Å². The Morgan fingerprint density at radius 3 is 2.40 bits per heavy atom. The summed E-state index contributed by atoms with van der Waals surface area (Å²) in [6.45, 7) is 6.48. The molecule has 0 aliphatic rings. The highest BCUT2D eigenvalue weighted by Crippen LogP contribution is 2.05. The first kappa shape index (κ1) is 11.9. The zero-order valence-corrected chi connectivity index (χ0v) is 9.75. The van der Waals surface area contributed by atoms with Crippen molar-refractivity contribution in [1.82, 2.24) is 0 Å². The molecule has 0 radical (unpaired) electrons. The molecule has 2 N–H and O–H groups in total. The van der Waals surface area contributed by atoms with Gasteiger partial charge in [0, 0.05) is 12.5 Å². The van der Waals surface area contributed by atoms with Gasteiger partial charge < -0.3 is 5.11 Å². The van der Waals surface area contributed by atoms with E-state index in [1.165, 1.54) is 5.56 Å². The average molecular weight is 206 g/mol. The summed E-state index contributed by atoms with van der Waals surface area (Å²) >= 11 is 0. The van der Waals surface area contributed by atoms with Gasteiger partial charge in [0.1, 0.15) is 0 Å². The average Bonchev–Trinajstić information content (AvgIpc) is 2.14. The van der Waals surface area contributed by atoms with Crippen LogP contribution < -0.4 is 4.99 Å². The maximum atomic E-state index is 9.62. The summed E-state index contributed by atoms with van der Waals surface area (Å²) in [6, 6.07) is 10.2. The highest BCUT2D eigenvalue weighted by molar-refractivity contribution is 5.76. The first-order valence-corrected chi connectivity index (χ1v) is 5.30. The van der Waals surface area contributed by atoms with Crippen molar-refractivity contribution in [2.45, 2.75) is 39.3 Å². The van der Waals surface area contributed by atoms with E-state index in [0.29, 0.717) is 6.42 Å². The standard InChI is InChI=1S/C13H19NO/c1-11(9-13(2,3)15)14-10-12-7-5-4-6-8-12/h4-8,15H,9-10H2,1-3H3/p+1. The summed E-state index contributed by atoms with van der Waals surface area (Å²) in [6.07, 6.45) is 0.680. The van der Waals surface area contributed by atoms with E-state index in [-0.39, 0.29) is 0 Å². The van der Waals surface area contributed by atoms with Crippen molar-refractivity contribution >= 4 is 5.71 Å². The molecule has 2 nitrogen and oxygen atoms in total. The van der Waals surface area contributed by atoms with E-state index >= 15 is 0 Å². The van der Waals surface area contributed by atoms with Crippen LogP contribution in [0.25, 0.3) is 0 Å². The Kier molecular flexibility index (Phi) is 4.04. The third kappa shape index (κ3) is 5.33. The van der Waals surface area contributed by atoms with E-state index in [9.17, 15) is 5.11 Å². The molecule has 2 heteroatoms. The number of rotatable bonds is 4. The van der Waals surface area contributed by atoms with Gasteiger partial charge in [-0.3, -0.25) is 0 Å². The van der Waals surface area contributed by atoms with Gasteiger partial charge in [0.25, 0.3) is 0 Å². The molecule has 0 aromatic heterocycles. The Hall–Kier alpha value is -1.15. The van der Waals surface area contributed by atoms with E-state index in [0.717, 1.165) is 12.3 Å². The van der Waals surface area contributed by atoms with E-state index < -0.39 is 5.60 Å². The summed E-state index contributed by atoms with van der Waals surface area (Å²) in [7, 11) is 0. The summed E-state index contributed by atoms with van der Waals surface area (Å²) in [5, 5.41) is 9.62. The topological polar surface area (TPSA) is 34.2 Å². The third-order valence-corrected chi connectivity index (χ3v) is 2.13. The minimum Gasteiger partial charge on any atom is -0.390 e. The fourth-order valence-electron chi connectivity index (χ4n) is 1.56. The van der Waals surface area contributed by atoms with Crippen LogP contribution in [0.3, 0.4) is 0 Å². The van der Waals surface area contributed by atoms with Crippen molar-refractivity contribution in [1.29, 1.82) is 0 Å². The van der Waals surface area contributed by atoms with Gasteiger partial charge >= 0.3 is 0 Å². The molecule has 0 aliphatic carbocycles. The van der Waals surface area contributed by atoms with E-state index in [2.05, 4.69) is 17.1 Å². The van der Waals surface area contributed by atoms with Crippen LogP contribution in [0.4, 0.5) is 0 Å². The molecule has 0 fully saturated rings. The molecule has 15 heavy (non-hydrogen) atoms. The van der Waals surface area contributed by atoms with Crippen LogP contribution in [0.5, 0.6) is 0 Å². The van der Waals surface area contributed by atoms with E-state index in [1.807, 2.05) is 39.0 Å². The number of hydrogen-bond donors (Lipinski definition) is 2. The molecule has 0 amide bonds. The fourth-order valence-corrected chi connectivity index (χ4v) is 1.56. The first-order valence-electron chi connectivity index (χ1n) is 5.30. The van der Waals surface area contributed by atoms with Crippen molar-refractivity contribution in [3.63, 3.8) is 0 Å². The van der Waals surface area contributed by atoms with Crippen LogP contribution in [-0.4, -0.2) is 16.4 Å². The molecule has 0 heterocycles. The Balaban J connectivity index is 2.51. The van der Waals surface area contributed by atoms with Crippen LogP contribution in [0.2, 0.25) is 0 Å². The Bertz CT molecular complexity index is 322. The number of nitrogens with one attached hydrogen (secondary N) is 1. The molecule has 0 spiro atoms. The molecule has 1 aromatic carbocycles. The van der Waals surface area contributed by atoms with Gasteiger partial charge in [0.2, 0.25) is 0 Å². The predicted octanol–water partition coefficient (Wildman–Crippen LogP) is 0.889. The van der Waals surface area contributed by atoms with Gasteiger partial charge in [0.05, 0.1) is 12.0 Å². The predicted molar refractivity (Wildman–Crippen MR) is 62.7 cm³/mol. The lowest BCUT2D eigenvalue weighted by Gasteiger charge is -2.13. The molecular weight excluding hydrogens is 186 g/mol. The molecule has 0 unspecified atom stereocenters. The third-order valence-electron chi connectivity index (χ3n) is 2.13. The van der Waals surface area contributed by atoms with Gasteiger partial charge in [-0.2, -0.15) is 0 Å². The summed E-state index contributed by atoms with van der Waals surface area (Å²) < 4.78 is 0. The number of hydrogen-bond acceptors (Lipinski definition) is 1. The maximum Gasteiger partial charge on any atom is 0.166 e. The van der Waals surface area contributed by atoms with Crippen molar-refractivity contribution in [3.05, 3.63) is 35.9 Å². The summed E-state index contributed by atoms with van der Waals surface area (Å²) in [5.74, 6) is 0. The molecule has 0 bridgehead atoms. The highest BCUT2D eigenvalue weighted by Gasteiger charge is 2.16. The zero-order chi connectivity index (χ0) is 11.3. The smallest absolute Gasteiger partial charge is 0.166 e. The first-order chi connectivity index (χ1) is 6.97. The van der Waals surface area contributed by atoms with Crippen LogP contribution in [-0.2, 0) is 6.54 Å². The molecule has 1 rings (SSSR count). The molecule has 1 aromatic rings. The SMILES string of the molecule is CC(CC(C)(C)O)=[NH+]Cc1ccccc1. The second-order valence-electron chi connectivity index (χ2n) is 4.61. The lowest BCUT2D eigenvalue weighted by atomic mass is 10.0. The van der Waals surface area contributed by atoms with Crippen molar-refractivity contribution < 1.29 is 10.1 Å². The largest absolute Gasteiger partial charge is 0.390 e. The van der Waals surface area contributed by atoms with Crippen LogP contribution in [0, 0.1) is 0 Å². The van der Waals surface area contributed by atoms with Gasteiger partial charge in [-0.15, -0.1) is 0 Å². The number of aliphatic hydroxyl groups is 1. The van der Waals surface area contributed by atoms with Crippen LogP contribution in [0.15, 0.2) is 30.3 Å². The minimum absolute atomic E-state index is 0.631. The van der Waals surface area contributed by atoms with E-state index in [4.69, 9.17) is 0 Å². The lowest BCUT2D eigenvalue weighted by Crippen LogP contribution is -2.71. The van der Waals surface area contributed by atoms with Crippen LogP contribution in [0.1, 0.15) is 32.8 Å². The minimum atomic E-state index is -0.631. The molecule has 0 atom stereocenters. The monoisotopic (exact) mass is 206 g/mol. The van der Waals surface area contributed by atoms with Gasteiger partial charge in [-0.05, 0) is 13.8 Å². The molecular formula is C13H20NO+. The quantitative estimate of drug-likeness (QED) is 0.705. The van der Waals surface area contributed by atoms with Crippen molar-refractivity contribution in [3.8, 4) is 0 Å². The maximum absolute atomic E-state index is 9.62. The molecule has 0 saturated heterocycles. The second kappa shape index (κ2) is 5.08. The normalized spacial score (nSPS) is 12.9. The number of benzene rings is 1. The summed E-state index contributed by atoms with van der Waals surface area (Å²) in [5.41, 5.74) is 1.74. The lowest BCUT2D eigenvalue weighted by molar-refractivity contribution is -0.477. The van der Waals surface area contributed by atoms with Gasteiger partial charge in [0.15, 0.2) is 12.3 Å². The fraction of sp³-hybridized carbons (Fsp3) is 0.462. The highest BCUT2D eigenvalue weighted by atomic mass is 16.3. The zero-order valence-electron chi connectivity index (χ0n) is 9.75. The molecule has 82 valence electrons. The Morgan fingerprint density at radius 1 is 1.27 bits per heavy atom. The second-order valence-corrected chi connectivity index (χ2v) is 4.61. The van der Waals surface area contributed by atoms with Crippen LogP contribution >= 0.6 is 0 Å². The van der Waals surface area contributed by atoms with Crippen molar-refractivity contribution in [2.75, 3.05) is 0 Å². The Labute approximate surface area is 91.7 Å². The summed E-state index contributed by atoms with van der Waals surface area (Å²) in [4.78, 5) is 3.31. The van der Waals surface area contributed by atoms with E-state index in [1.54, 1.807) is 0 Å².